The zero-order chi connectivity index (χ0) is 9.97. The molecular weight excluding hydrogens is 196 g/mol. The van der Waals surface area contributed by atoms with Crippen molar-refractivity contribution in [3.8, 4) is 0 Å². The first-order valence-electron chi connectivity index (χ1n) is 5.05. The van der Waals surface area contributed by atoms with E-state index >= 15 is 0 Å². The molecule has 1 aromatic rings. The Hall–Kier alpha value is -0.610. The maximum Gasteiger partial charge on any atom is 0.183 e. The molecule has 1 heterocycles. The lowest BCUT2D eigenvalue weighted by molar-refractivity contribution is 0.0328. The highest BCUT2D eigenvalue weighted by Gasteiger charge is 2.29. The van der Waals surface area contributed by atoms with Gasteiger partial charge in [0.1, 0.15) is 0 Å². The Morgan fingerprint density at radius 3 is 3.00 bits per heavy atom. The minimum absolute atomic E-state index is 0.457. The van der Waals surface area contributed by atoms with E-state index in [9.17, 15) is 0 Å². The Morgan fingerprint density at radius 1 is 1.64 bits per heavy atom. The molecule has 0 aromatic carbocycles. The van der Waals surface area contributed by atoms with Crippen molar-refractivity contribution >= 4 is 16.5 Å². The third-order valence-corrected chi connectivity index (χ3v) is 3.49. The van der Waals surface area contributed by atoms with Gasteiger partial charge in [-0.15, -0.1) is 11.3 Å². The molecule has 0 aliphatic heterocycles. The van der Waals surface area contributed by atoms with Crippen LogP contribution in [0.1, 0.15) is 25.5 Å². The lowest BCUT2D eigenvalue weighted by atomic mass is 9.89. The van der Waals surface area contributed by atoms with Crippen molar-refractivity contribution in [2.24, 2.45) is 0 Å². The lowest BCUT2D eigenvalue weighted by Gasteiger charge is -2.34. The summed E-state index contributed by atoms with van der Waals surface area (Å²) < 4.78 is 5.22. The van der Waals surface area contributed by atoms with Gasteiger partial charge in [-0.05, 0) is 19.3 Å². The van der Waals surface area contributed by atoms with Crippen molar-refractivity contribution in [3.05, 3.63) is 11.1 Å². The summed E-state index contributed by atoms with van der Waals surface area (Å²) in [6, 6.07) is 0.566. The second-order valence-corrected chi connectivity index (χ2v) is 4.53. The summed E-state index contributed by atoms with van der Waals surface area (Å²) in [7, 11) is 1.78. The molecule has 4 heteroatoms. The highest BCUT2D eigenvalue weighted by molar-refractivity contribution is 7.13. The number of methoxy groups -OCH3 is 1. The molecule has 14 heavy (non-hydrogen) atoms. The van der Waals surface area contributed by atoms with Crippen LogP contribution in [0.25, 0.3) is 0 Å². The lowest BCUT2D eigenvalue weighted by Crippen LogP contribution is -2.40. The van der Waals surface area contributed by atoms with E-state index < -0.39 is 0 Å². The molecule has 1 aliphatic rings. The average molecular weight is 212 g/mol. The number of rotatable bonds is 4. The zero-order valence-electron chi connectivity index (χ0n) is 8.62. The highest BCUT2D eigenvalue weighted by Crippen LogP contribution is 2.27. The summed E-state index contributed by atoms with van der Waals surface area (Å²) in [4.78, 5) is 4.47. The molecule has 1 aromatic heterocycles. The SMILES string of the molecule is CCc1csc(NC2CC(OC)C2)n1. The summed E-state index contributed by atoms with van der Waals surface area (Å²) in [6.45, 7) is 2.13. The number of hydrogen-bond acceptors (Lipinski definition) is 4. The van der Waals surface area contributed by atoms with E-state index in [2.05, 4.69) is 22.6 Å². The third-order valence-electron chi connectivity index (χ3n) is 2.67. The van der Waals surface area contributed by atoms with Crippen LogP contribution < -0.4 is 5.32 Å². The molecule has 0 bridgehead atoms. The van der Waals surface area contributed by atoms with Crippen molar-refractivity contribution < 1.29 is 4.74 Å². The van der Waals surface area contributed by atoms with Crippen LogP contribution in [0.5, 0.6) is 0 Å². The number of nitrogens with one attached hydrogen (secondary N) is 1. The van der Waals surface area contributed by atoms with Gasteiger partial charge in [0.05, 0.1) is 11.8 Å². The zero-order valence-corrected chi connectivity index (χ0v) is 9.43. The Labute approximate surface area is 88.5 Å². The minimum Gasteiger partial charge on any atom is -0.381 e. The Kier molecular flexibility index (Phi) is 3.03. The molecule has 1 aliphatic carbocycles. The molecule has 0 unspecified atom stereocenters. The number of thiazole rings is 1. The molecule has 0 atom stereocenters. The number of nitrogens with zero attached hydrogens (tertiary/aromatic N) is 1. The van der Waals surface area contributed by atoms with E-state index in [1.165, 1.54) is 5.69 Å². The van der Waals surface area contributed by atoms with Crippen molar-refractivity contribution in [2.75, 3.05) is 12.4 Å². The van der Waals surface area contributed by atoms with Crippen LogP contribution >= 0.6 is 11.3 Å². The first-order valence-corrected chi connectivity index (χ1v) is 5.93. The van der Waals surface area contributed by atoms with E-state index in [0.717, 1.165) is 24.4 Å². The topological polar surface area (TPSA) is 34.1 Å². The normalized spacial score (nSPS) is 25.9. The Morgan fingerprint density at radius 2 is 2.43 bits per heavy atom. The fraction of sp³-hybridized carbons (Fsp3) is 0.700. The van der Waals surface area contributed by atoms with Gasteiger partial charge in [0.25, 0.3) is 0 Å². The molecule has 0 radical (unpaired) electrons. The van der Waals surface area contributed by atoms with Crippen LogP contribution in [0, 0.1) is 0 Å². The maximum absolute atomic E-state index is 5.22. The minimum atomic E-state index is 0.457. The van der Waals surface area contributed by atoms with Gasteiger partial charge in [0, 0.05) is 18.5 Å². The number of ether oxygens (including phenoxy) is 1. The first-order chi connectivity index (χ1) is 6.81. The highest BCUT2D eigenvalue weighted by atomic mass is 32.1. The predicted molar refractivity (Wildman–Crippen MR) is 58.9 cm³/mol. The molecule has 1 N–H and O–H groups in total. The maximum atomic E-state index is 5.22. The smallest absolute Gasteiger partial charge is 0.183 e. The van der Waals surface area contributed by atoms with E-state index in [0.29, 0.717) is 12.1 Å². The van der Waals surface area contributed by atoms with E-state index in [1.807, 2.05) is 0 Å². The number of anilines is 1. The third kappa shape index (κ3) is 2.07. The van der Waals surface area contributed by atoms with Gasteiger partial charge in [-0.2, -0.15) is 0 Å². The summed E-state index contributed by atoms with van der Waals surface area (Å²) >= 11 is 1.70. The summed E-state index contributed by atoms with van der Waals surface area (Å²) in [5.74, 6) is 0. The first kappa shape index (κ1) is 9.93. The molecule has 78 valence electrons. The van der Waals surface area contributed by atoms with Gasteiger partial charge >= 0.3 is 0 Å². The van der Waals surface area contributed by atoms with Crippen molar-refractivity contribution in [1.82, 2.24) is 4.98 Å². The van der Waals surface area contributed by atoms with Gasteiger partial charge in [-0.25, -0.2) is 4.98 Å². The molecule has 0 spiro atoms. The second-order valence-electron chi connectivity index (χ2n) is 3.67. The van der Waals surface area contributed by atoms with Crippen LogP contribution in [0.3, 0.4) is 0 Å². The Balaban J connectivity index is 1.81. The van der Waals surface area contributed by atoms with Gasteiger partial charge in [-0.3, -0.25) is 0 Å². The van der Waals surface area contributed by atoms with Gasteiger partial charge in [-0.1, -0.05) is 6.92 Å². The summed E-state index contributed by atoms with van der Waals surface area (Å²) in [6.07, 6.45) is 3.69. The van der Waals surface area contributed by atoms with Crippen molar-refractivity contribution in [1.29, 1.82) is 0 Å². The summed E-state index contributed by atoms with van der Waals surface area (Å²) in [5.41, 5.74) is 1.18. The van der Waals surface area contributed by atoms with E-state index in [4.69, 9.17) is 4.74 Å². The largest absolute Gasteiger partial charge is 0.381 e. The fourth-order valence-corrected chi connectivity index (χ4v) is 2.46. The number of hydrogen-bond donors (Lipinski definition) is 1. The quantitative estimate of drug-likeness (QED) is 0.831. The van der Waals surface area contributed by atoms with Crippen LogP contribution in [0.4, 0.5) is 5.13 Å². The van der Waals surface area contributed by atoms with Crippen LogP contribution in [-0.2, 0) is 11.2 Å². The molecule has 1 saturated carbocycles. The van der Waals surface area contributed by atoms with Crippen molar-refractivity contribution in [3.63, 3.8) is 0 Å². The standard InChI is InChI=1S/C10H16N2OS/c1-3-7-6-14-10(11-7)12-8-4-9(5-8)13-2/h6,8-9H,3-5H2,1-2H3,(H,11,12). The van der Waals surface area contributed by atoms with Gasteiger partial charge in [0.2, 0.25) is 0 Å². The fourth-order valence-electron chi connectivity index (χ4n) is 1.59. The van der Waals surface area contributed by atoms with E-state index in [1.54, 1.807) is 18.4 Å². The van der Waals surface area contributed by atoms with Crippen LogP contribution in [0.15, 0.2) is 5.38 Å². The monoisotopic (exact) mass is 212 g/mol. The molecule has 1 fully saturated rings. The predicted octanol–water partition coefficient (Wildman–Crippen LogP) is 2.29. The van der Waals surface area contributed by atoms with Gasteiger partial charge < -0.3 is 10.1 Å². The molecule has 2 rings (SSSR count). The van der Waals surface area contributed by atoms with Gasteiger partial charge in [0.15, 0.2) is 5.13 Å². The average Bonchev–Trinajstić information content (AvgIpc) is 2.58. The number of aryl methyl sites for hydroxylation is 1. The van der Waals surface area contributed by atoms with Crippen molar-refractivity contribution in [2.45, 2.75) is 38.3 Å². The van der Waals surface area contributed by atoms with E-state index in [-0.39, 0.29) is 0 Å². The molecule has 3 nitrogen and oxygen atoms in total. The molecular formula is C10H16N2OS. The molecule has 0 saturated heterocycles. The van der Waals surface area contributed by atoms with Crippen LogP contribution in [0.2, 0.25) is 0 Å². The molecule has 0 amide bonds. The number of aromatic nitrogens is 1. The Bertz CT molecular complexity index is 294. The second kappa shape index (κ2) is 4.28. The summed E-state index contributed by atoms with van der Waals surface area (Å²) in [5, 5.41) is 6.60. The van der Waals surface area contributed by atoms with Crippen LogP contribution in [-0.4, -0.2) is 24.2 Å².